The van der Waals surface area contributed by atoms with Gasteiger partial charge in [0, 0.05) is 18.3 Å². The van der Waals surface area contributed by atoms with E-state index in [0.717, 1.165) is 29.0 Å². The van der Waals surface area contributed by atoms with E-state index in [-0.39, 0.29) is 5.91 Å². The smallest absolute Gasteiger partial charge is 0.274 e. The van der Waals surface area contributed by atoms with E-state index < -0.39 is 0 Å². The lowest BCUT2D eigenvalue weighted by Crippen LogP contribution is -2.15. The van der Waals surface area contributed by atoms with Crippen molar-refractivity contribution in [2.45, 2.75) is 13.3 Å². The number of amides is 1. The lowest BCUT2D eigenvalue weighted by atomic mass is 10.1. The second-order valence-corrected chi connectivity index (χ2v) is 6.05. The summed E-state index contributed by atoms with van der Waals surface area (Å²) in [5.74, 6) is 1.20. The summed E-state index contributed by atoms with van der Waals surface area (Å²) in [4.78, 5) is 20.7. The van der Waals surface area contributed by atoms with Crippen LogP contribution in [0, 0.1) is 6.92 Å². The van der Waals surface area contributed by atoms with Crippen molar-refractivity contribution in [3.05, 3.63) is 77.7 Å². The number of hydrogen-bond donors (Lipinski definition) is 2. The number of carbonyl (C=O) groups excluding carboxylic acids is 1. The van der Waals surface area contributed by atoms with Gasteiger partial charge < -0.3 is 15.4 Å². The number of methoxy groups -OCH3 is 1. The molecule has 0 aliphatic rings. The topological polar surface area (TPSA) is 76.1 Å². The van der Waals surface area contributed by atoms with Crippen molar-refractivity contribution >= 4 is 17.4 Å². The maximum absolute atomic E-state index is 12.5. The molecule has 3 rings (SSSR count). The number of ether oxygens (including phenoxy) is 1. The fourth-order valence-corrected chi connectivity index (χ4v) is 2.71. The first kappa shape index (κ1) is 18.4. The lowest BCUT2D eigenvalue weighted by molar-refractivity contribution is 0.102. The Bertz CT molecular complexity index is 927. The third-order valence-corrected chi connectivity index (χ3v) is 4.19. The summed E-state index contributed by atoms with van der Waals surface area (Å²) in [7, 11) is 1.66. The van der Waals surface area contributed by atoms with Crippen molar-refractivity contribution in [2.24, 2.45) is 0 Å². The first-order valence-corrected chi connectivity index (χ1v) is 8.72. The highest BCUT2D eigenvalue weighted by atomic mass is 16.5. The quantitative estimate of drug-likeness (QED) is 0.670. The number of benzene rings is 2. The highest BCUT2D eigenvalue weighted by molar-refractivity contribution is 6.03. The molecule has 2 N–H and O–H groups in total. The maximum Gasteiger partial charge on any atom is 0.274 e. The van der Waals surface area contributed by atoms with Crippen molar-refractivity contribution in [3.63, 3.8) is 0 Å². The van der Waals surface area contributed by atoms with Crippen LogP contribution in [0.3, 0.4) is 0 Å². The minimum atomic E-state index is -0.264. The molecule has 1 heterocycles. The molecule has 0 atom stereocenters. The minimum Gasteiger partial charge on any atom is -0.496 e. The van der Waals surface area contributed by atoms with Gasteiger partial charge in [0.1, 0.15) is 23.6 Å². The van der Waals surface area contributed by atoms with Crippen LogP contribution < -0.4 is 15.4 Å². The molecule has 27 heavy (non-hydrogen) atoms. The van der Waals surface area contributed by atoms with Crippen LogP contribution in [0.25, 0.3) is 0 Å². The van der Waals surface area contributed by atoms with Gasteiger partial charge in [-0.1, -0.05) is 36.4 Å². The fraction of sp³-hybridized carbons (Fsp3) is 0.190. The molecule has 0 unspecified atom stereocenters. The Hall–Kier alpha value is -3.41. The molecular formula is C21H22N4O2. The first-order valence-electron chi connectivity index (χ1n) is 8.72. The Morgan fingerprint density at radius 3 is 2.67 bits per heavy atom. The molecule has 0 spiro atoms. The van der Waals surface area contributed by atoms with Gasteiger partial charge in [-0.2, -0.15) is 0 Å². The van der Waals surface area contributed by atoms with E-state index in [1.165, 1.54) is 6.33 Å². The predicted octanol–water partition coefficient (Wildman–Crippen LogP) is 3.70. The van der Waals surface area contributed by atoms with Crippen LogP contribution in [0.15, 0.2) is 60.9 Å². The molecule has 1 amide bonds. The Morgan fingerprint density at radius 2 is 1.85 bits per heavy atom. The zero-order valence-corrected chi connectivity index (χ0v) is 15.4. The van der Waals surface area contributed by atoms with Crippen molar-refractivity contribution < 1.29 is 9.53 Å². The number of para-hydroxylation sites is 2. The Morgan fingerprint density at radius 1 is 1.07 bits per heavy atom. The Labute approximate surface area is 158 Å². The second-order valence-electron chi connectivity index (χ2n) is 6.05. The van der Waals surface area contributed by atoms with Crippen LogP contribution in [-0.4, -0.2) is 29.5 Å². The highest BCUT2D eigenvalue weighted by Gasteiger charge is 2.10. The van der Waals surface area contributed by atoms with Gasteiger partial charge in [0.15, 0.2) is 0 Å². The van der Waals surface area contributed by atoms with E-state index in [4.69, 9.17) is 4.74 Å². The number of aryl methyl sites for hydroxylation is 1. The van der Waals surface area contributed by atoms with Gasteiger partial charge in [0.2, 0.25) is 0 Å². The van der Waals surface area contributed by atoms with Gasteiger partial charge in [-0.3, -0.25) is 4.79 Å². The van der Waals surface area contributed by atoms with Gasteiger partial charge in [-0.25, -0.2) is 9.97 Å². The number of hydrogen-bond acceptors (Lipinski definition) is 5. The maximum atomic E-state index is 12.5. The summed E-state index contributed by atoms with van der Waals surface area (Å²) < 4.78 is 5.36. The first-order chi connectivity index (χ1) is 13.2. The van der Waals surface area contributed by atoms with E-state index in [1.807, 2.05) is 55.5 Å². The molecule has 0 fully saturated rings. The third-order valence-electron chi connectivity index (χ3n) is 4.19. The number of rotatable bonds is 7. The molecule has 0 aliphatic carbocycles. The van der Waals surface area contributed by atoms with Gasteiger partial charge in [0.05, 0.1) is 7.11 Å². The Balaban J connectivity index is 1.62. The van der Waals surface area contributed by atoms with E-state index in [2.05, 4.69) is 20.6 Å². The SMILES string of the molecule is COc1ccccc1CCNc1cc(C(=O)Nc2ccccc2C)ncn1. The standard InChI is InChI=1S/C21H22N4O2/c1-15-7-3-5-9-17(15)25-21(26)18-13-20(24-14-23-18)22-12-11-16-8-4-6-10-19(16)27-2/h3-10,13-14H,11-12H2,1-2H3,(H,25,26)(H,22,23,24). The van der Waals surface area contributed by atoms with Gasteiger partial charge in [-0.15, -0.1) is 0 Å². The normalized spacial score (nSPS) is 10.3. The fourth-order valence-electron chi connectivity index (χ4n) is 2.71. The van der Waals surface area contributed by atoms with Gasteiger partial charge >= 0.3 is 0 Å². The van der Waals surface area contributed by atoms with Crippen molar-refractivity contribution in [3.8, 4) is 5.75 Å². The molecule has 0 radical (unpaired) electrons. The van der Waals surface area contributed by atoms with E-state index in [0.29, 0.717) is 18.1 Å². The lowest BCUT2D eigenvalue weighted by Gasteiger charge is -2.10. The Kier molecular flexibility index (Phi) is 5.99. The van der Waals surface area contributed by atoms with Crippen LogP contribution >= 0.6 is 0 Å². The molecule has 3 aromatic rings. The molecule has 0 saturated carbocycles. The van der Waals surface area contributed by atoms with Crippen molar-refractivity contribution in [2.75, 3.05) is 24.3 Å². The molecule has 0 aliphatic heterocycles. The summed E-state index contributed by atoms with van der Waals surface area (Å²) in [6.45, 7) is 2.61. The molecule has 138 valence electrons. The molecule has 6 nitrogen and oxygen atoms in total. The number of nitrogens with zero attached hydrogens (tertiary/aromatic N) is 2. The van der Waals surface area contributed by atoms with Crippen LogP contribution in [0.5, 0.6) is 5.75 Å². The zero-order chi connectivity index (χ0) is 19.1. The predicted molar refractivity (Wildman–Crippen MR) is 106 cm³/mol. The van der Waals surface area contributed by atoms with E-state index >= 15 is 0 Å². The van der Waals surface area contributed by atoms with E-state index in [9.17, 15) is 4.79 Å². The third kappa shape index (κ3) is 4.82. The number of nitrogens with one attached hydrogen (secondary N) is 2. The summed E-state index contributed by atoms with van der Waals surface area (Å²) >= 11 is 0. The average Bonchev–Trinajstić information content (AvgIpc) is 2.70. The molecular weight excluding hydrogens is 340 g/mol. The van der Waals surface area contributed by atoms with Crippen molar-refractivity contribution in [1.82, 2.24) is 9.97 Å². The highest BCUT2D eigenvalue weighted by Crippen LogP contribution is 2.18. The van der Waals surface area contributed by atoms with E-state index in [1.54, 1.807) is 13.2 Å². The average molecular weight is 362 g/mol. The zero-order valence-electron chi connectivity index (χ0n) is 15.4. The number of anilines is 2. The van der Waals surface area contributed by atoms with Crippen LogP contribution in [-0.2, 0) is 6.42 Å². The molecule has 6 heteroatoms. The molecule has 1 aromatic heterocycles. The summed E-state index contributed by atoms with van der Waals surface area (Å²) in [5, 5.41) is 6.11. The van der Waals surface area contributed by atoms with Gasteiger partial charge in [-0.05, 0) is 36.6 Å². The summed E-state index contributed by atoms with van der Waals surface area (Å²) in [5.41, 5.74) is 3.19. The minimum absolute atomic E-state index is 0.264. The van der Waals surface area contributed by atoms with Crippen LogP contribution in [0.2, 0.25) is 0 Å². The monoisotopic (exact) mass is 362 g/mol. The number of carbonyl (C=O) groups is 1. The van der Waals surface area contributed by atoms with Crippen LogP contribution in [0.1, 0.15) is 21.6 Å². The molecule has 0 bridgehead atoms. The largest absolute Gasteiger partial charge is 0.496 e. The summed E-state index contributed by atoms with van der Waals surface area (Å²) in [6.07, 6.45) is 2.16. The van der Waals surface area contributed by atoms with Crippen LogP contribution in [0.4, 0.5) is 11.5 Å². The van der Waals surface area contributed by atoms with Gasteiger partial charge in [0.25, 0.3) is 5.91 Å². The van der Waals surface area contributed by atoms with Crippen molar-refractivity contribution in [1.29, 1.82) is 0 Å². The number of aromatic nitrogens is 2. The second kappa shape index (κ2) is 8.80. The summed E-state index contributed by atoms with van der Waals surface area (Å²) in [6, 6.07) is 17.2. The molecule has 0 saturated heterocycles. The molecule has 2 aromatic carbocycles.